The van der Waals surface area contributed by atoms with Gasteiger partial charge in [0, 0.05) is 40.4 Å². The molecule has 0 aromatic carbocycles. The van der Waals surface area contributed by atoms with E-state index >= 15 is 0 Å². The smallest absolute Gasteiger partial charge is 0.0791 e. The molecule has 1 aromatic heterocycles. The van der Waals surface area contributed by atoms with Gasteiger partial charge in [-0.05, 0) is 29.0 Å². The van der Waals surface area contributed by atoms with Crippen LogP contribution >= 0.6 is 27.3 Å². The molecule has 17 heavy (non-hydrogen) atoms. The molecule has 5 heteroatoms. The lowest BCUT2D eigenvalue weighted by Gasteiger charge is -2.21. The van der Waals surface area contributed by atoms with E-state index in [4.69, 9.17) is 0 Å². The highest BCUT2D eigenvalue weighted by Gasteiger charge is 2.09. The molecular weight excluding hydrogens is 300 g/mol. The van der Waals surface area contributed by atoms with Crippen molar-refractivity contribution in [1.29, 1.82) is 0 Å². The van der Waals surface area contributed by atoms with Crippen molar-refractivity contribution >= 4 is 27.3 Å². The largest absolute Gasteiger partial charge is 0.390 e. The van der Waals surface area contributed by atoms with Crippen molar-refractivity contribution in [1.82, 2.24) is 10.2 Å². The van der Waals surface area contributed by atoms with Crippen LogP contribution in [0.2, 0.25) is 0 Å². The van der Waals surface area contributed by atoms with Crippen LogP contribution in [0.5, 0.6) is 0 Å². The minimum atomic E-state index is -0.314. The topological polar surface area (TPSA) is 35.5 Å². The predicted octanol–water partition coefficient (Wildman–Crippen LogP) is 2.30. The van der Waals surface area contributed by atoms with E-state index in [-0.39, 0.29) is 6.10 Å². The fraction of sp³-hybridized carbons (Fsp3) is 0.667. The van der Waals surface area contributed by atoms with Crippen LogP contribution in [0.25, 0.3) is 0 Å². The van der Waals surface area contributed by atoms with E-state index in [1.807, 2.05) is 7.05 Å². The van der Waals surface area contributed by atoms with Gasteiger partial charge in [0.05, 0.1) is 6.10 Å². The van der Waals surface area contributed by atoms with Crippen LogP contribution < -0.4 is 5.32 Å². The average Bonchev–Trinajstić information content (AvgIpc) is 2.60. The molecule has 1 atom stereocenters. The van der Waals surface area contributed by atoms with Gasteiger partial charge in [-0.1, -0.05) is 13.8 Å². The maximum absolute atomic E-state index is 9.84. The van der Waals surface area contributed by atoms with Crippen LogP contribution in [0.4, 0.5) is 0 Å². The van der Waals surface area contributed by atoms with Crippen molar-refractivity contribution in [3.63, 3.8) is 0 Å². The van der Waals surface area contributed by atoms with Gasteiger partial charge in [0.25, 0.3) is 0 Å². The summed E-state index contributed by atoms with van der Waals surface area (Å²) in [5, 5.41) is 15.2. The van der Waals surface area contributed by atoms with E-state index in [0.29, 0.717) is 19.1 Å². The van der Waals surface area contributed by atoms with Crippen molar-refractivity contribution in [2.24, 2.45) is 0 Å². The minimum Gasteiger partial charge on any atom is -0.390 e. The lowest BCUT2D eigenvalue weighted by Crippen LogP contribution is -2.38. The highest BCUT2D eigenvalue weighted by molar-refractivity contribution is 9.10. The van der Waals surface area contributed by atoms with Gasteiger partial charge < -0.3 is 10.4 Å². The molecule has 0 saturated carbocycles. The summed E-state index contributed by atoms with van der Waals surface area (Å²) in [5.41, 5.74) is 0. The van der Waals surface area contributed by atoms with Gasteiger partial charge in [-0.15, -0.1) is 11.3 Å². The molecule has 0 aliphatic rings. The minimum absolute atomic E-state index is 0.314. The summed E-state index contributed by atoms with van der Waals surface area (Å²) in [6, 6.07) is 2.54. The van der Waals surface area contributed by atoms with Crippen molar-refractivity contribution < 1.29 is 5.11 Å². The Hall–Kier alpha value is 0.0600. The molecule has 1 heterocycles. The van der Waals surface area contributed by atoms with Crippen LogP contribution in [-0.4, -0.2) is 42.3 Å². The fourth-order valence-electron chi connectivity index (χ4n) is 1.56. The number of nitrogens with zero attached hydrogens (tertiary/aromatic N) is 1. The number of hydrogen-bond acceptors (Lipinski definition) is 4. The third kappa shape index (κ3) is 6.52. The van der Waals surface area contributed by atoms with E-state index in [9.17, 15) is 5.11 Å². The Bertz CT molecular complexity index is 330. The van der Waals surface area contributed by atoms with Gasteiger partial charge in [-0.25, -0.2) is 0 Å². The molecule has 0 aliphatic heterocycles. The number of rotatable bonds is 7. The quantitative estimate of drug-likeness (QED) is 0.809. The standard InChI is InChI=1S/C12H21BrN2OS/c1-9(2)14-5-11(16)6-15(3)7-12-4-10(13)8-17-12/h4,8-9,11,14,16H,5-7H2,1-3H3. The van der Waals surface area contributed by atoms with Gasteiger partial charge in [0.1, 0.15) is 0 Å². The molecular formula is C12H21BrN2OS. The summed E-state index contributed by atoms with van der Waals surface area (Å²) in [6.07, 6.45) is -0.314. The van der Waals surface area contributed by atoms with Crippen molar-refractivity contribution in [3.8, 4) is 0 Å². The molecule has 2 N–H and O–H groups in total. The number of halogens is 1. The molecule has 0 spiro atoms. The number of hydrogen-bond donors (Lipinski definition) is 2. The Morgan fingerprint density at radius 2 is 2.24 bits per heavy atom. The molecule has 0 fully saturated rings. The van der Waals surface area contributed by atoms with Crippen LogP contribution in [0, 0.1) is 0 Å². The SMILES string of the molecule is CC(C)NCC(O)CN(C)Cc1cc(Br)cs1. The Balaban J connectivity index is 2.26. The fourth-order valence-corrected chi connectivity index (χ4v) is 3.09. The zero-order valence-electron chi connectivity index (χ0n) is 10.6. The van der Waals surface area contributed by atoms with E-state index in [1.165, 1.54) is 4.88 Å². The molecule has 1 aromatic rings. The summed E-state index contributed by atoms with van der Waals surface area (Å²) >= 11 is 5.18. The second-order valence-electron chi connectivity index (χ2n) is 4.64. The molecule has 1 rings (SSSR count). The van der Waals surface area contributed by atoms with Crippen molar-refractivity contribution in [2.75, 3.05) is 20.1 Å². The van der Waals surface area contributed by atoms with Crippen molar-refractivity contribution in [3.05, 3.63) is 20.8 Å². The van der Waals surface area contributed by atoms with Gasteiger partial charge in [-0.3, -0.25) is 4.90 Å². The molecule has 0 bridgehead atoms. The average molecular weight is 321 g/mol. The highest BCUT2D eigenvalue weighted by Crippen LogP contribution is 2.20. The molecule has 0 radical (unpaired) electrons. The molecule has 0 saturated heterocycles. The van der Waals surface area contributed by atoms with E-state index in [0.717, 1.165) is 11.0 Å². The van der Waals surface area contributed by atoms with E-state index in [2.05, 4.69) is 51.4 Å². The molecule has 1 unspecified atom stereocenters. The summed E-state index contributed by atoms with van der Waals surface area (Å²) in [6.45, 7) is 6.39. The summed E-state index contributed by atoms with van der Waals surface area (Å²) in [5.74, 6) is 0. The van der Waals surface area contributed by atoms with E-state index < -0.39 is 0 Å². The maximum Gasteiger partial charge on any atom is 0.0791 e. The van der Waals surface area contributed by atoms with Crippen LogP contribution in [0.1, 0.15) is 18.7 Å². The monoisotopic (exact) mass is 320 g/mol. The van der Waals surface area contributed by atoms with Crippen molar-refractivity contribution in [2.45, 2.75) is 32.5 Å². The first kappa shape index (κ1) is 15.1. The summed E-state index contributed by atoms with van der Waals surface area (Å²) < 4.78 is 1.13. The maximum atomic E-state index is 9.84. The molecule has 3 nitrogen and oxygen atoms in total. The number of nitrogens with one attached hydrogen (secondary N) is 1. The lowest BCUT2D eigenvalue weighted by molar-refractivity contribution is 0.120. The Morgan fingerprint density at radius 3 is 2.76 bits per heavy atom. The molecule has 0 aliphatic carbocycles. The van der Waals surface area contributed by atoms with E-state index in [1.54, 1.807) is 11.3 Å². The zero-order chi connectivity index (χ0) is 12.8. The highest BCUT2D eigenvalue weighted by atomic mass is 79.9. The second-order valence-corrected chi connectivity index (χ2v) is 6.56. The molecule has 0 amide bonds. The molecule has 98 valence electrons. The predicted molar refractivity (Wildman–Crippen MR) is 77.5 cm³/mol. The third-order valence-corrected chi connectivity index (χ3v) is 4.01. The Kier molecular flexibility index (Phi) is 6.66. The normalized spacial score (nSPS) is 13.6. The van der Waals surface area contributed by atoms with Crippen LogP contribution in [0.3, 0.4) is 0 Å². The van der Waals surface area contributed by atoms with Crippen LogP contribution in [0.15, 0.2) is 15.9 Å². The second kappa shape index (κ2) is 7.48. The van der Waals surface area contributed by atoms with Crippen LogP contribution in [-0.2, 0) is 6.54 Å². The number of thiophene rings is 1. The third-order valence-electron chi connectivity index (χ3n) is 2.33. The lowest BCUT2D eigenvalue weighted by atomic mass is 10.3. The van der Waals surface area contributed by atoms with Gasteiger partial charge >= 0.3 is 0 Å². The summed E-state index contributed by atoms with van der Waals surface area (Å²) in [4.78, 5) is 3.45. The number of aliphatic hydroxyl groups excluding tert-OH is 1. The first-order valence-corrected chi connectivity index (χ1v) is 7.47. The zero-order valence-corrected chi connectivity index (χ0v) is 13.0. The Morgan fingerprint density at radius 1 is 1.53 bits per heavy atom. The first-order chi connectivity index (χ1) is 7.97. The number of aliphatic hydroxyl groups is 1. The summed E-state index contributed by atoms with van der Waals surface area (Å²) in [7, 11) is 2.03. The first-order valence-electron chi connectivity index (χ1n) is 5.80. The Labute approximate surface area is 116 Å². The van der Waals surface area contributed by atoms with Gasteiger partial charge in [0.15, 0.2) is 0 Å². The number of likely N-dealkylation sites (N-methyl/N-ethyl adjacent to an activating group) is 1. The van der Waals surface area contributed by atoms with Gasteiger partial charge in [-0.2, -0.15) is 0 Å². The van der Waals surface area contributed by atoms with Gasteiger partial charge in [0.2, 0.25) is 0 Å².